The fourth-order valence-electron chi connectivity index (χ4n) is 4.42. The predicted octanol–water partition coefficient (Wildman–Crippen LogP) is 1.26. The molecule has 0 bridgehead atoms. The summed E-state index contributed by atoms with van der Waals surface area (Å²) in [5.74, 6) is 0.879. The maximum atomic E-state index is 5.71. The molecular weight excluding hydrogens is 308 g/mol. The summed E-state index contributed by atoms with van der Waals surface area (Å²) in [6.45, 7) is 12.3. The van der Waals surface area contributed by atoms with Crippen LogP contribution in [0.1, 0.15) is 37.4 Å². The van der Waals surface area contributed by atoms with Gasteiger partial charge < -0.3 is 20.1 Å². The van der Waals surface area contributed by atoms with Crippen LogP contribution in [0.4, 0.5) is 0 Å². The minimum Gasteiger partial charge on any atom is -0.404 e. The largest absolute Gasteiger partial charge is 0.404 e. The van der Waals surface area contributed by atoms with Crippen molar-refractivity contribution in [2.75, 3.05) is 33.7 Å². The van der Waals surface area contributed by atoms with Gasteiger partial charge in [-0.2, -0.15) is 0 Å². The van der Waals surface area contributed by atoms with Crippen LogP contribution in [0.25, 0.3) is 12.7 Å². The normalized spacial score (nSPS) is 23.4. The molecule has 1 aromatic heterocycles. The topological polar surface area (TPSA) is 37.4 Å². The number of nitrogens with two attached hydrogens (primary N) is 1. The summed E-state index contributed by atoms with van der Waals surface area (Å²) in [5.41, 5.74) is 9.77. The highest BCUT2D eigenvalue weighted by atomic mass is 15.1. The van der Waals surface area contributed by atoms with Gasteiger partial charge in [-0.15, -0.1) is 0 Å². The van der Waals surface area contributed by atoms with Crippen LogP contribution in [0.15, 0.2) is 11.8 Å². The smallest absolute Gasteiger partial charge is 0.0412 e. The molecule has 1 aromatic rings. The lowest BCUT2D eigenvalue weighted by Crippen LogP contribution is -2.31. The Morgan fingerprint density at radius 1 is 1.28 bits per heavy atom. The zero-order chi connectivity index (χ0) is 18.0. The third-order valence-corrected chi connectivity index (χ3v) is 5.91. The van der Waals surface area contributed by atoms with Crippen LogP contribution >= 0.6 is 0 Å². The molecule has 1 atom stereocenters. The molecule has 1 saturated heterocycles. The number of rotatable bonds is 5. The minimum atomic E-state index is 0.879. The fourth-order valence-corrected chi connectivity index (χ4v) is 4.42. The number of hydrogen-bond acceptors (Lipinski definition) is 3. The molecule has 3 heterocycles. The third kappa shape index (κ3) is 4.01. The standard InChI is InChI=1S/C21H34N4/c1-16(13-22)12-19-17(2)25(21-8-11-24(4)15-20(19)21)9-5-6-18-7-10-23(3)14-18/h12-13,18H,2,5-11,14-15,22H2,1,3-4H3/b16-13-,19-12+. The molecule has 0 aromatic carbocycles. The van der Waals surface area contributed by atoms with E-state index in [2.05, 4.69) is 48.0 Å². The summed E-state index contributed by atoms with van der Waals surface area (Å²) in [6, 6.07) is 0. The molecular formula is C21H34N4. The molecule has 0 amide bonds. The van der Waals surface area contributed by atoms with Crippen molar-refractivity contribution >= 4 is 12.7 Å². The van der Waals surface area contributed by atoms with E-state index in [9.17, 15) is 0 Å². The highest BCUT2D eigenvalue weighted by Gasteiger charge is 2.22. The van der Waals surface area contributed by atoms with Crippen LogP contribution in [0.2, 0.25) is 0 Å². The quantitative estimate of drug-likeness (QED) is 0.875. The number of nitrogens with zero attached hydrogens (tertiary/aromatic N) is 3. The van der Waals surface area contributed by atoms with Crippen LogP contribution in [0.3, 0.4) is 0 Å². The van der Waals surface area contributed by atoms with Crippen molar-refractivity contribution in [3.05, 3.63) is 33.6 Å². The summed E-state index contributed by atoms with van der Waals surface area (Å²) < 4.78 is 2.50. The second kappa shape index (κ2) is 7.79. The molecule has 3 rings (SSSR count). The maximum absolute atomic E-state index is 5.71. The maximum Gasteiger partial charge on any atom is 0.0412 e. The van der Waals surface area contributed by atoms with E-state index < -0.39 is 0 Å². The van der Waals surface area contributed by atoms with Crippen molar-refractivity contribution in [3.8, 4) is 0 Å². The summed E-state index contributed by atoms with van der Waals surface area (Å²) >= 11 is 0. The monoisotopic (exact) mass is 342 g/mol. The molecule has 1 unspecified atom stereocenters. The average Bonchev–Trinajstić information content (AvgIpc) is 3.11. The lowest BCUT2D eigenvalue weighted by atomic mass is 10.0. The number of aromatic nitrogens is 1. The van der Waals surface area contributed by atoms with Crippen LogP contribution < -0.4 is 16.3 Å². The Hall–Kier alpha value is -1.52. The van der Waals surface area contributed by atoms with Gasteiger partial charge in [-0.05, 0) is 76.2 Å². The molecule has 0 radical (unpaired) electrons. The van der Waals surface area contributed by atoms with E-state index in [0.717, 1.165) is 37.5 Å². The first-order chi connectivity index (χ1) is 12.0. The molecule has 0 aliphatic carbocycles. The Balaban J connectivity index is 1.83. The van der Waals surface area contributed by atoms with Gasteiger partial charge in [0.2, 0.25) is 0 Å². The van der Waals surface area contributed by atoms with Crippen LogP contribution in [0, 0.1) is 5.92 Å². The lowest BCUT2D eigenvalue weighted by molar-refractivity contribution is 0.306. The van der Waals surface area contributed by atoms with Gasteiger partial charge in [0, 0.05) is 48.9 Å². The van der Waals surface area contributed by atoms with E-state index in [1.165, 1.54) is 54.2 Å². The summed E-state index contributed by atoms with van der Waals surface area (Å²) in [5, 5.41) is 2.46. The Labute approximate surface area is 152 Å². The predicted molar refractivity (Wildman–Crippen MR) is 106 cm³/mol. The van der Waals surface area contributed by atoms with Gasteiger partial charge >= 0.3 is 0 Å². The van der Waals surface area contributed by atoms with Gasteiger partial charge in [0.25, 0.3) is 0 Å². The minimum absolute atomic E-state index is 0.879. The van der Waals surface area contributed by atoms with Gasteiger partial charge in [-0.25, -0.2) is 0 Å². The van der Waals surface area contributed by atoms with Crippen molar-refractivity contribution in [1.29, 1.82) is 0 Å². The summed E-state index contributed by atoms with van der Waals surface area (Å²) in [4.78, 5) is 4.86. The Bertz CT molecular complexity index is 743. The van der Waals surface area contributed by atoms with Gasteiger partial charge in [0.15, 0.2) is 0 Å². The Kier molecular flexibility index (Phi) is 5.70. The molecule has 2 aliphatic rings. The van der Waals surface area contributed by atoms with Gasteiger partial charge in [0.05, 0.1) is 0 Å². The SMILES string of the molecule is C=c1/c(=C\C(C)=C/N)c2c(n1CCCC1CCN(C)C1)CCN(C)C2. The third-order valence-electron chi connectivity index (χ3n) is 5.91. The van der Waals surface area contributed by atoms with Crippen LogP contribution in [-0.4, -0.2) is 48.1 Å². The van der Waals surface area contributed by atoms with E-state index >= 15 is 0 Å². The zero-order valence-electron chi connectivity index (χ0n) is 16.2. The summed E-state index contributed by atoms with van der Waals surface area (Å²) in [6.07, 6.45) is 8.97. The number of fused-ring (bicyclic) bond motifs is 1. The molecule has 2 N–H and O–H groups in total. The fraction of sp³-hybridized carbons (Fsp3) is 0.619. The first-order valence-corrected chi connectivity index (χ1v) is 9.66. The second-order valence-electron chi connectivity index (χ2n) is 8.04. The van der Waals surface area contributed by atoms with Crippen molar-refractivity contribution in [2.24, 2.45) is 11.7 Å². The lowest BCUT2D eigenvalue weighted by Gasteiger charge is -2.24. The molecule has 2 aliphatic heterocycles. The van der Waals surface area contributed by atoms with E-state index in [4.69, 9.17) is 5.73 Å². The van der Waals surface area contributed by atoms with Crippen molar-refractivity contribution in [3.63, 3.8) is 0 Å². The Morgan fingerprint density at radius 3 is 2.76 bits per heavy atom. The van der Waals surface area contributed by atoms with Crippen molar-refractivity contribution < 1.29 is 0 Å². The Morgan fingerprint density at radius 2 is 2.08 bits per heavy atom. The molecule has 4 heteroatoms. The molecule has 25 heavy (non-hydrogen) atoms. The summed E-state index contributed by atoms with van der Waals surface area (Å²) in [7, 11) is 4.44. The van der Waals surface area contributed by atoms with E-state index in [1.54, 1.807) is 6.20 Å². The van der Waals surface area contributed by atoms with E-state index in [0.29, 0.717) is 0 Å². The average molecular weight is 343 g/mol. The highest BCUT2D eigenvalue weighted by Crippen LogP contribution is 2.21. The van der Waals surface area contributed by atoms with E-state index in [1.807, 2.05) is 0 Å². The van der Waals surface area contributed by atoms with Gasteiger partial charge in [0.1, 0.15) is 0 Å². The number of likely N-dealkylation sites (tertiary alicyclic amines) is 1. The number of hydrogen-bond donors (Lipinski definition) is 1. The van der Waals surface area contributed by atoms with Crippen molar-refractivity contribution in [1.82, 2.24) is 14.4 Å². The van der Waals surface area contributed by atoms with Gasteiger partial charge in [-0.1, -0.05) is 6.58 Å². The van der Waals surface area contributed by atoms with E-state index in [-0.39, 0.29) is 0 Å². The number of likely N-dealkylation sites (N-methyl/N-ethyl adjacent to an activating group) is 1. The molecule has 0 saturated carbocycles. The first kappa shape index (κ1) is 18.3. The molecule has 1 fully saturated rings. The highest BCUT2D eigenvalue weighted by molar-refractivity contribution is 5.48. The van der Waals surface area contributed by atoms with Crippen molar-refractivity contribution in [2.45, 2.75) is 45.7 Å². The first-order valence-electron chi connectivity index (χ1n) is 9.66. The van der Waals surface area contributed by atoms with Crippen LogP contribution in [0.5, 0.6) is 0 Å². The number of allylic oxidation sites excluding steroid dienone is 1. The molecule has 0 spiro atoms. The second-order valence-corrected chi connectivity index (χ2v) is 8.04. The van der Waals surface area contributed by atoms with Crippen LogP contribution in [-0.2, 0) is 19.5 Å². The van der Waals surface area contributed by atoms with Gasteiger partial charge in [-0.3, -0.25) is 0 Å². The molecule has 138 valence electrons. The zero-order valence-corrected chi connectivity index (χ0v) is 16.2. The molecule has 4 nitrogen and oxygen atoms in total.